The lowest BCUT2D eigenvalue weighted by atomic mass is 9.92. The average Bonchev–Trinajstić information content (AvgIpc) is 1.59. The van der Waals surface area contributed by atoms with Gasteiger partial charge in [-0.3, -0.25) is 0 Å². The Morgan fingerprint density at radius 1 is 0.157 bits per heavy atom. The molecule has 4 aromatic heterocycles. The summed E-state index contributed by atoms with van der Waals surface area (Å²) in [6, 6.07) is 120. The summed E-state index contributed by atoms with van der Waals surface area (Å²) < 4.78 is 9.90. The van der Waals surface area contributed by atoms with Crippen LogP contribution in [0.15, 0.2) is 315 Å². The zero-order valence-corrected chi connectivity index (χ0v) is 49.3. The van der Waals surface area contributed by atoms with Gasteiger partial charge in [0.05, 0.1) is 44.1 Å². The van der Waals surface area contributed by atoms with E-state index in [2.05, 4.69) is 334 Å². The van der Waals surface area contributed by atoms with E-state index < -0.39 is 8.07 Å². The molecule has 6 heterocycles. The van der Waals surface area contributed by atoms with E-state index in [1.807, 2.05) is 0 Å². The first kappa shape index (κ1) is 48.7. The molecule has 2 aliphatic heterocycles. The summed E-state index contributed by atoms with van der Waals surface area (Å²) in [7, 11) is -3.31. The van der Waals surface area contributed by atoms with Crippen LogP contribution in [0.1, 0.15) is 0 Å². The molecule has 412 valence electrons. The summed E-state index contributed by atoms with van der Waals surface area (Å²) in [5, 5.41) is 15.6. The zero-order valence-electron chi connectivity index (χ0n) is 48.3. The monoisotopic (exact) mass is 1140 g/mol. The predicted molar refractivity (Wildman–Crippen MR) is 376 cm³/mol. The van der Waals surface area contributed by atoms with Gasteiger partial charge in [0.15, 0.2) is 8.07 Å². The molecule has 4 nitrogen and oxygen atoms in total. The van der Waals surface area contributed by atoms with Crippen molar-refractivity contribution in [2.45, 2.75) is 0 Å². The summed E-state index contributed by atoms with van der Waals surface area (Å²) in [6.45, 7) is 0. The summed E-state index contributed by atoms with van der Waals surface area (Å²) in [5.74, 6) is 0. The standard InChI is InChI=1S/C84H52N4Si/c1-11-37-73-57(27-1)58-28-2-12-38-74(58)85(73)53-23-21-25-55(47-53)87-77-41-15-5-31-61(77)71-49-67-63-33-7-17-43-81(63)89(83-45-19-9-35-65(83)69(67)51-79(71)87)82-44-18-8-34-64(82)68-50-72-62-32-6-16-42-78(62)88(80(72)52-70(68)66-36-10-20-46-84(66)89)56-26-22-24-54(48-56)86-75-39-13-3-29-59(75)60-30-4-14-40-76(60)86/h1-52H. The van der Waals surface area contributed by atoms with Crippen LogP contribution in [-0.2, 0) is 0 Å². The number of rotatable bonds is 4. The van der Waals surface area contributed by atoms with Crippen LogP contribution in [0.4, 0.5) is 0 Å². The van der Waals surface area contributed by atoms with Crippen molar-refractivity contribution >= 4 is 116 Å². The highest BCUT2D eigenvalue weighted by molar-refractivity contribution is 7.22. The van der Waals surface area contributed by atoms with Gasteiger partial charge in [0.2, 0.25) is 0 Å². The van der Waals surface area contributed by atoms with Crippen LogP contribution in [0.3, 0.4) is 0 Å². The van der Waals surface area contributed by atoms with Crippen LogP contribution in [0.5, 0.6) is 0 Å². The second-order valence-corrected chi connectivity index (χ2v) is 27.9. The van der Waals surface area contributed by atoms with Crippen molar-refractivity contribution in [1.29, 1.82) is 0 Å². The first-order valence-corrected chi connectivity index (χ1v) is 32.9. The van der Waals surface area contributed by atoms with Gasteiger partial charge in [0, 0.05) is 65.8 Å². The van der Waals surface area contributed by atoms with E-state index in [4.69, 9.17) is 0 Å². The Bertz CT molecular complexity index is 5600. The van der Waals surface area contributed by atoms with Gasteiger partial charge >= 0.3 is 0 Å². The SMILES string of the molecule is c1cc(-n2c3ccccc3c3ccccc32)cc(-n2c3ccccc3c3cc4c(cc32)-c2ccccc2[Si]2(c3ccccc3-4)c3ccccc3-c3cc4c5ccccc5n(-c5cccc(-n6c7ccccc7c7ccccc76)c5)c4cc3-c3ccccc32)c1. The summed E-state index contributed by atoms with van der Waals surface area (Å²) in [4.78, 5) is 0. The molecular formula is C84H52N4Si. The summed E-state index contributed by atoms with van der Waals surface area (Å²) in [6.07, 6.45) is 0. The smallest absolute Gasteiger partial charge is 0.182 e. The fourth-order valence-electron chi connectivity index (χ4n) is 16.5. The van der Waals surface area contributed by atoms with Crippen LogP contribution in [0.25, 0.3) is 154 Å². The van der Waals surface area contributed by atoms with Gasteiger partial charge in [-0.15, -0.1) is 0 Å². The fraction of sp³-hybridized carbons (Fsp3) is 0. The molecule has 0 fully saturated rings. The average molecular weight is 1150 g/mol. The van der Waals surface area contributed by atoms with Crippen molar-refractivity contribution in [3.8, 4) is 67.3 Å². The van der Waals surface area contributed by atoms with Gasteiger partial charge in [0.25, 0.3) is 0 Å². The lowest BCUT2D eigenvalue weighted by Crippen LogP contribution is -2.75. The first-order chi connectivity index (χ1) is 44.2. The maximum Gasteiger partial charge on any atom is 0.182 e. The molecule has 2 aliphatic rings. The molecule has 0 atom stereocenters. The van der Waals surface area contributed by atoms with Crippen LogP contribution in [-0.4, -0.2) is 26.3 Å². The molecule has 0 saturated heterocycles. The number of hydrogen-bond donors (Lipinski definition) is 0. The van der Waals surface area contributed by atoms with Gasteiger partial charge in [0.1, 0.15) is 0 Å². The molecule has 0 aliphatic carbocycles. The van der Waals surface area contributed by atoms with E-state index >= 15 is 0 Å². The Kier molecular flexibility index (Phi) is 10.00. The number of para-hydroxylation sites is 6. The van der Waals surface area contributed by atoms with E-state index in [0.29, 0.717) is 0 Å². The molecule has 14 aromatic carbocycles. The van der Waals surface area contributed by atoms with Gasteiger partial charge in [-0.05, 0) is 162 Å². The number of nitrogens with zero attached hydrogens (tertiary/aromatic N) is 4. The molecule has 1 spiro atoms. The maximum atomic E-state index is 2.54. The zero-order chi connectivity index (χ0) is 58.1. The van der Waals surface area contributed by atoms with E-state index in [1.165, 1.54) is 152 Å². The Labute approximate surface area is 513 Å². The van der Waals surface area contributed by atoms with Crippen LogP contribution in [0.2, 0.25) is 0 Å². The Hall–Kier alpha value is -11.5. The first-order valence-electron chi connectivity index (χ1n) is 30.9. The third-order valence-corrected chi connectivity index (χ3v) is 24.9. The minimum atomic E-state index is -3.31. The highest BCUT2D eigenvalue weighted by atomic mass is 28.3. The van der Waals surface area contributed by atoms with Gasteiger partial charge < -0.3 is 18.3 Å². The van der Waals surface area contributed by atoms with Crippen molar-refractivity contribution in [2.75, 3.05) is 0 Å². The van der Waals surface area contributed by atoms with Gasteiger partial charge in [-0.2, -0.15) is 0 Å². The third kappa shape index (κ3) is 6.55. The molecule has 0 bridgehead atoms. The van der Waals surface area contributed by atoms with Crippen LogP contribution < -0.4 is 20.7 Å². The molecule has 5 heteroatoms. The predicted octanol–water partition coefficient (Wildman–Crippen LogP) is 18.7. The molecule has 0 saturated carbocycles. The molecule has 18 aromatic rings. The quantitative estimate of drug-likeness (QED) is 0.157. The molecule has 0 amide bonds. The van der Waals surface area contributed by atoms with Crippen LogP contribution in [0, 0.1) is 0 Å². The van der Waals surface area contributed by atoms with Crippen molar-refractivity contribution in [3.63, 3.8) is 0 Å². The molecular weight excluding hydrogens is 1090 g/mol. The van der Waals surface area contributed by atoms with E-state index in [9.17, 15) is 0 Å². The largest absolute Gasteiger partial charge is 0.309 e. The number of aromatic nitrogens is 4. The van der Waals surface area contributed by atoms with Crippen molar-refractivity contribution in [2.24, 2.45) is 0 Å². The molecule has 20 rings (SSSR count). The maximum absolute atomic E-state index is 3.31. The van der Waals surface area contributed by atoms with Crippen molar-refractivity contribution in [3.05, 3.63) is 315 Å². The van der Waals surface area contributed by atoms with Gasteiger partial charge in [-0.1, -0.05) is 218 Å². The number of benzene rings is 14. The number of hydrogen-bond acceptors (Lipinski definition) is 0. The topological polar surface area (TPSA) is 19.7 Å². The fourth-order valence-corrected chi connectivity index (χ4v) is 22.1. The van der Waals surface area contributed by atoms with E-state index in [0.717, 1.165) is 22.7 Å². The second kappa shape index (κ2) is 18.3. The van der Waals surface area contributed by atoms with E-state index in [-0.39, 0.29) is 0 Å². The van der Waals surface area contributed by atoms with E-state index in [1.54, 1.807) is 0 Å². The van der Waals surface area contributed by atoms with Crippen molar-refractivity contribution in [1.82, 2.24) is 18.3 Å². The summed E-state index contributed by atoms with van der Waals surface area (Å²) in [5.41, 5.74) is 24.2. The highest BCUT2D eigenvalue weighted by Gasteiger charge is 2.50. The molecule has 0 N–H and O–H groups in total. The normalized spacial score (nSPS) is 13.0. The summed E-state index contributed by atoms with van der Waals surface area (Å²) >= 11 is 0. The Morgan fingerprint density at radius 2 is 0.382 bits per heavy atom. The molecule has 89 heavy (non-hydrogen) atoms. The van der Waals surface area contributed by atoms with Crippen molar-refractivity contribution < 1.29 is 0 Å². The highest BCUT2D eigenvalue weighted by Crippen LogP contribution is 2.47. The Balaban J connectivity index is 0.831. The minimum absolute atomic E-state index is 1.12. The third-order valence-electron chi connectivity index (χ3n) is 20.0. The molecule has 0 unspecified atom stereocenters. The van der Waals surface area contributed by atoms with Gasteiger partial charge in [-0.25, -0.2) is 0 Å². The minimum Gasteiger partial charge on any atom is -0.309 e. The lowest BCUT2D eigenvalue weighted by molar-refractivity contribution is 1.13. The lowest BCUT2D eigenvalue weighted by Gasteiger charge is -2.37. The van der Waals surface area contributed by atoms with Crippen LogP contribution >= 0.6 is 0 Å². The molecule has 0 radical (unpaired) electrons. The Morgan fingerprint density at radius 3 is 0.674 bits per heavy atom. The number of fused-ring (bicyclic) bond motifs is 26. The second-order valence-electron chi connectivity index (χ2n) is 24.2.